The van der Waals surface area contributed by atoms with Crippen molar-refractivity contribution in [1.82, 2.24) is 15.2 Å². The summed E-state index contributed by atoms with van der Waals surface area (Å²) in [6.07, 6.45) is 4.92. The molecule has 0 spiro atoms. The smallest absolute Gasteiger partial charge is 0.115 e. The first-order chi connectivity index (χ1) is 8.14. The van der Waals surface area contributed by atoms with Crippen molar-refractivity contribution >= 4 is 11.3 Å². The van der Waals surface area contributed by atoms with E-state index in [1.165, 1.54) is 41.3 Å². The molecule has 0 amide bonds. The summed E-state index contributed by atoms with van der Waals surface area (Å²) in [5, 5.41) is 4.87. The Labute approximate surface area is 107 Å². The quantitative estimate of drug-likeness (QED) is 0.868. The topological polar surface area (TPSA) is 28.2 Å². The van der Waals surface area contributed by atoms with E-state index in [2.05, 4.69) is 31.2 Å². The van der Waals surface area contributed by atoms with Crippen molar-refractivity contribution in [3.63, 3.8) is 0 Å². The zero-order valence-electron chi connectivity index (χ0n) is 10.9. The van der Waals surface area contributed by atoms with Gasteiger partial charge in [-0.3, -0.25) is 0 Å². The molecule has 0 radical (unpaired) electrons. The average molecular weight is 251 g/mol. The fourth-order valence-electron chi connectivity index (χ4n) is 3.14. The molecule has 3 nitrogen and oxygen atoms in total. The number of thiazole rings is 1. The Bertz CT molecular complexity index is 395. The van der Waals surface area contributed by atoms with Crippen LogP contribution in [0.1, 0.15) is 35.3 Å². The fourth-order valence-corrected chi connectivity index (χ4v) is 4.49. The van der Waals surface area contributed by atoms with Gasteiger partial charge in [0.25, 0.3) is 0 Å². The minimum atomic E-state index is 0.100. The summed E-state index contributed by atoms with van der Waals surface area (Å²) in [5.41, 5.74) is 1.48. The molecule has 2 atom stereocenters. The molecular weight excluding hydrogens is 230 g/mol. The molecule has 1 aromatic heterocycles. The van der Waals surface area contributed by atoms with Crippen molar-refractivity contribution in [3.05, 3.63) is 15.6 Å². The van der Waals surface area contributed by atoms with Gasteiger partial charge < -0.3 is 10.2 Å². The maximum Gasteiger partial charge on any atom is 0.115 e. The van der Waals surface area contributed by atoms with E-state index < -0.39 is 0 Å². The van der Waals surface area contributed by atoms with E-state index in [0.29, 0.717) is 6.04 Å². The first-order valence-corrected chi connectivity index (χ1v) is 7.34. The minimum Gasteiger partial charge on any atom is -0.307 e. The number of nitrogens with zero attached hydrogens (tertiary/aromatic N) is 2. The number of aryl methyl sites for hydroxylation is 2. The van der Waals surface area contributed by atoms with Gasteiger partial charge in [-0.15, -0.1) is 11.3 Å². The molecule has 4 heteroatoms. The normalized spacial score (nSPS) is 33.2. The van der Waals surface area contributed by atoms with Crippen LogP contribution in [0.3, 0.4) is 0 Å². The van der Waals surface area contributed by atoms with Gasteiger partial charge in [-0.1, -0.05) is 0 Å². The molecule has 1 aliphatic carbocycles. The number of aromatic nitrogens is 1. The van der Waals surface area contributed by atoms with Crippen LogP contribution in [0, 0.1) is 0 Å². The van der Waals surface area contributed by atoms with Gasteiger partial charge in [-0.05, 0) is 46.7 Å². The van der Waals surface area contributed by atoms with Gasteiger partial charge in [0.15, 0.2) is 0 Å². The zero-order chi connectivity index (χ0) is 12.0. The van der Waals surface area contributed by atoms with Crippen molar-refractivity contribution in [2.75, 3.05) is 20.6 Å². The lowest BCUT2D eigenvalue weighted by Crippen LogP contribution is -2.42. The van der Waals surface area contributed by atoms with E-state index in [9.17, 15) is 0 Å². The Morgan fingerprint density at radius 3 is 2.88 bits per heavy atom. The lowest BCUT2D eigenvalue weighted by molar-refractivity contribution is 0.307. The van der Waals surface area contributed by atoms with Crippen molar-refractivity contribution in [1.29, 1.82) is 0 Å². The number of hydrogen-bond donors (Lipinski definition) is 1. The number of fused-ring (bicyclic) bond motifs is 1. The van der Waals surface area contributed by atoms with Crippen LogP contribution in [0.25, 0.3) is 0 Å². The fraction of sp³-hybridized carbons (Fsp3) is 0.769. The van der Waals surface area contributed by atoms with Crippen LogP contribution < -0.4 is 5.32 Å². The number of rotatable bonds is 2. The Morgan fingerprint density at radius 2 is 2.29 bits per heavy atom. The van der Waals surface area contributed by atoms with Crippen LogP contribution in [-0.2, 0) is 18.4 Å². The molecule has 17 heavy (non-hydrogen) atoms. The molecule has 2 unspecified atom stereocenters. The van der Waals surface area contributed by atoms with E-state index in [0.717, 1.165) is 6.54 Å². The molecule has 2 heterocycles. The largest absolute Gasteiger partial charge is 0.307 e. The molecule has 0 bridgehead atoms. The monoisotopic (exact) mass is 251 g/mol. The van der Waals surface area contributed by atoms with Crippen LogP contribution >= 0.6 is 11.3 Å². The van der Waals surface area contributed by atoms with Gasteiger partial charge in [0, 0.05) is 17.5 Å². The summed E-state index contributed by atoms with van der Waals surface area (Å²) < 4.78 is 0. The second-order valence-corrected chi connectivity index (χ2v) is 6.63. The van der Waals surface area contributed by atoms with Crippen LogP contribution in [0.2, 0.25) is 0 Å². The van der Waals surface area contributed by atoms with Gasteiger partial charge in [0.05, 0.1) is 11.2 Å². The van der Waals surface area contributed by atoms with Crippen LogP contribution in [-0.4, -0.2) is 36.6 Å². The molecule has 3 rings (SSSR count). The third-order valence-electron chi connectivity index (χ3n) is 4.40. The summed E-state index contributed by atoms with van der Waals surface area (Å²) in [7, 11) is 4.30. The highest BCUT2D eigenvalue weighted by Gasteiger charge is 2.43. The standard InChI is InChI=1S/C13H21N3S/c1-9-7-13(14-2,8-16(9)3)12-15-10-5-4-6-11(10)17-12/h9,14H,4-8H2,1-3H3. The number of hydrogen-bond acceptors (Lipinski definition) is 4. The highest BCUT2D eigenvalue weighted by atomic mass is 32.1. The summed E-state index contributed by atoms with van der Waals surface area (Å²) in [6.45, 7) is 3.39. The lowest BCUT2D eigenvalue weighted by atomic mass is 9.97. The third-order valence-corrected chi connectivity index (χ3v) is 5.76. The van der Waals surface area contributed by atoms with Crippen molar-refractivity contribution in [2.45, 2.75) is 44.2 Å². The zero-order valence-corrected chi connectivity index (χ0v) is 11.7. The summed E-state index contributed by atoms with van der Waals surface area (Å²) in [6, 6.07) is 0.640. The maximum atomic E-state index is 4.91. The van der Waals surface area contributed by atoms with Gasteiger partial charge in [0.1, 0.15) is 5.01 Å². The molecule has 1 fully saturated rings. The second-order valence-electron chi connectivity index (χ2n) is 5.54. The number of likely N-dealkylation sites (N-methyl/N-ethyl adjacent to an activating group) is 2. The van der Waals surface area contributed by atoms with Crippen LogP contribution in [0.15, 0.2) is 0 Å². The summed E-state index contributed by atoms with van der Waals surface area (Å²) in [5.74, 6) is 0. The van der Waals surface area contributed by atoms with E-state index >= 15 is 0 Å². The molecule has 1 N–H and O–H groups in total. The van der Waals surface area contributed by atoms with Crippen LogP contribution in [0.5, 0.6) is 0 Å². The van der Waals surface area contributed by atoms with Crippen molar-refractivity contribution < 1.29 is 0 Å². The molecular formula is C13H21N3S. The molecule has 1 aliphatic heterocycles. The van der Waals surface area contributed by atoms with E-state index in [1.807, 2.05) is 11.3 Å². The van der Waals surface area contributed by atoms with E-state index in [4.69, 9.17) is 4.98 Å². The van der Waals surface area contributed by atoms with Crippen LogP contribution in [0.4, 0.5) is 0 Å². The highest BCUT2D eigenvalue weighted by Crippen LogP contribution is 2.39. The first kappa shape index (κ1) is 11.6. The molecule has 2 aliphatic rings. The Kier molecular flexibility index (Phi) is 2.76. The predicted molar refractivity (Wildman–Crippen MR) is 71.6 cm³/mol. The third kappa shape index (κ3) is 1.74. The SMILES string of the molecule is CNC1(c2nc3c(s2)CCC3)CC(C)N(C)C1. The van der Waals surface area contributed by atoms with Gasteiger partial charge >= 0.3 is 0 Å². The Hall–Kier alpha value is -0.450. The summed E-state index contributed by atoms with van der Waals surface area (Å²) in [4.78, 5) is 8.89. The Balaban J connectivity index is 1.95. The maximum absolute atomic E-state index is 4.91. The molecule has 1 saturated heterocycles. The van der Waals surface area contributed by atoms with E-state index in [-0.39, 0.29) is 5.54 Å². The second kappa shape index (κ2) is 4.04. The minimum absolute atomic E-state index is 0.100. The highest BCUT2D eigenvalue weighted by molar-refractivity contribution is 7.12. The van der Waals surface area contributed by atoms with Gasteiger partial charge in [-0.25, -0.2) is 4.98 Å². The van der Waals surface area contributed by atoms with E-state index in [1.54, 1.807) is 0 Å². The predicted octanol–water partition coefficient (Wildman–Crippen LogP) is 1.77. The average Bonchev–Trinajstić information content (AvgIpc) is 2.92. The number of nitrogens with one attached hydrogen (secondary N) is 1. The Morgan fingerprint density at radius 1 is 1.47 bits per heavy atom. The molecule has 0 aromatic carbocycles. The van der Waals surface area contributed by atoms with Crippen molar-refractivity contribution in [2.24, 2.45) is 0 Å². The summed E-state index contributed by atoms with van der Waals surface area (Å²) >= 11 is 1.95. The molecule has 1 aromatic rings. The lowest BCUT2D eigenvalue weighted by Gasteiger charge is -2.26. The van der Waals surface area contributed by atoms with Gasteiger partial charge in [-0.2, -0.15) is 0 Å². The van der Waals surface area contributed by atoms with Crippen molar-refractivity contribution in [3.8, 4) is 0 Å². The van der Waals surface area contributed by atoms with Gasteiger partial charge in [0.2, 0.25) is 0 Å². The molecule has 0 saturated carbocycles. The molecule has 94 valence electrons. The first-order valence-electron chi connectivity index (χ1n) is 6.53. The number of likely N-dealkylation sites (tertiary alicyclic amines) is 1.